The number of amides is 1. The molecule has 3 N–H and O–H groups in total. The topological polar surface area (TPSA) is 55.1 Å². The number of rotatable bonds is 4. The van der Waals surface area contributed by atoms with Gasteiger partial charge in [0.25, 0.3) is 0 Å². The highest BCUT2D eigenvalue weighted by atomic mass is 16.1. The van der Waals surface area contributed by atoms with Gasteiger partial charge in [-0.1, -0.05) is 25.5 Å². The maximum absolute atomic E-state index is 11.0. The van der Waals surface area contributed by atoms with Crippen LogP contribution in [0.2, 0.25) is 0 Å². The molecule has 0 fully saturated rings. The molecular formula is C11H16N2O. The summed E-state index contributed by atoms with van der Waals surface area (Å²) < 4.78 is 0. The molecule has 1 aromatic carbocycles. The highest BCUT2D eigenvalue weighted by Gasteiger charge is 1.98. The number of nitrogens with one attached hydrogen (secondary N) is 1. The summed E-state index contributed by atoms with van der Waals surface area (Å²) in [6.45, 7) is 2.17. The van der Waals surface area contributed by atoms with Crippen molar-refractivity contribution in [3.63, 3.8) is 0 Å². The van der Waals surface area contributed by atoms with Crippen LogP contribution in [0.15, 0.2) is 24.3 Å². The zero-order chi connectivity index (χ0) is 10.4. The first-order valence-electron chi connectivity index (χ1n) is 4.85. The number of benzene rings is 1. The van der Waals surface area contributed by atoms with Crippen molar-refractivity contribution in [3.05, 3.63) is 29.8 Å². The van der Waals surface area contributed by atoms with Gasteiger partial charge in [0.15, 0.2) is 0 Å². The van der Waals surface area contributed by atoms with E-state index in [1.165, 1.54) is 5.56 Å². The normalized spacial score (nSPS) is 9.86. The summed E-state index contributed by atoms with van der Waals surface area (Å²) in [4.78, 5) is 11.0. The van der Waals surface area contributed by atoms with Crippen molar-refractivity contribution in [1.29, 1.82) is 0 Å². The molecular weight excluding hydrogens is 176 g/mol. The molecule has 0 aliphatic carbocycles. The van der Waals surface area contributed by atoms with Crippen molar-refractivity contribution >= 4 is 11.6 Å². The predicted octanol–water partition coefficient (Wildman–Crippen LogP) is 1.54. The molecule has 3 nitrogen and oxygen atoms in total. The summed E-state index contributed by atoms with van der Waals surface area (Å²) in [5.74, 6) is -0.159. The number of anilines is 1. The van der Waals surface area contributed by atoms with E-state index in [1.54, 1.807) is 0 Å². The Kier molecular flexibility index (Phi) is 4.13. The van der Waals surface area contributed by atoms with E-state index >= 15 is 0 Å². The van der Waals surface area contributed by atoms with Crippen LogP contribution in [-0.4, -0.2) is 12.5 Å². The molecule has 1 amide bonds. The fourth-order valence-electron chi connectivity index (χ4n) is 1.26. The first-order valence-corrected chi connectivity index (χ1v) is 4.85. The molecule has 14 heavy (non-hydrogen) atoms. The molecule has 0 saturated carbocycles. The molecule has 0 bridgehead atoms. The SMILES string of the molecule is CCCc1ccc(NC(=O)CN)cc1. The van der Waals surface area contributed by atoms with E-state index in [-0.39, 0.29) is 12.5 Å². The van der Waals surface area contributed by atoms with Gasteiger partial charge in [0.1, 0.15) is 0 Å². The van der Waals surface area contributed by atoms with E-state index in [2.05, 4.69) is 12.2 Å². The number of hydrogen-bond acceptors (Lipinski definition) is 2. The lowest BCUT2D eigenvalue weighted by molar-refractivity contribution is -0.114. The summed E-state index contributed by atoms with van der Waals surface area (Å²) in [5, 5.41) is 2.70. The van der Waals surface area contributed by atoms with Crippen LogP contribution >= 0.6 is 0 Å². The highest BCUT2D eigenvalue weighted by Crippen LogP contribution is 2.10. The Hall–Kier alpha value is -1.35. The molecule has 0 unspecified atom stereocenters. The first kappa shape index (κ1) is 10.7. The van der Waals surface area contributed by atoms with Crippen molar-refractivity contribution in [3.8, 4) is 0 Å². The lowest BCUT2D eigenvalue weighted by Gasteiger charge is -2.04. The summed E-state index contributed by atoms with van der Waals surface area (Å²) in [5.41, 5.74) is 7.28. The second-order valence-electron chi connectivity index (χ2n) is 3.20. The van der Waals surface area contributed by atoms with Crippen molar-refractivity contribution in [2.75, 3.05) is 11.9 Å². The molecule has 0 radical (unpaired) electrons. The molecule has 0 aliphatic heterocycles. The Morgan fingerprint density at radius 3 is 2.50 bits per heavy atom. The van der Waals surface area contributed by atoms with E-state index in [1.807, 2.05) is 24.3 Å². The molecule has 0 atom stereocenters. The lowest BCUT2D eigenvalue weighted by Crippen LogP contribution is -2.21. The Balaban J connectivity index is 2.59. The van der Waals surface area contributed by atoms with Crippen molar-refractivity contribution in [1.82, 2.24) is 0 Å². The average molecular weight is 192 g/mol. The van der Waals surface area contributed by atoms with E-state index in [4.69, 9.17) is 5.73 Å². The van der Waals surface area contributed by atoms with Crippen LogP contribution in [0.4, 0.5) is 5.69 Å². The third-order valence-corrected chi connectivity index (χ3v) is 1.96. The largest absolute Gasteiger partial charge is 0.325 e. The van der Waals surface area contributed by atoms with Crippen LogP contribution in [0.1, 0.15) is 18.9 Å². The number of nitrogens with two attached hydrogens (primary N) is 1. The Bertz CT molecular complexity index is 293. The van der Waals surface area contributed by atoms with Crippen molar-refractivity contribution in [2.45, 2.75) is 19.8 Å². The van der Waals surface area contributed by atoms with Gasteiger partial charge in [-0.2, -0.15) is 0 Å². The summed E-state index contributed by atoms with van der Waals surface area (Å²) >= 11 is 0. The third kappa shape index (κ3) is 3.18. The van der Waals surface area contributed by atoms with E-state index in [9.17, 15) is 4.79 Å². The molecule has 0 aliphatic rings. The quantitative estimate of drug-likeness (QED) is 0.760. The fraction of sp³-hybridized carbons (Fsp3) is 0.364. The standard InChI is InChI=1S/C11H16N2O/c1-2-3-9-4-6-10(7-5-9)13-11(14)8-12/h4-7H,2-3,8,12H2,1H3,(H,13,14). The van der Waals surface area contributed by atoms with Gasteiger partial charge in [0.2, 0.25) is 5.91 Å². The van der Waals surface area contributed by atoms with Crippen LogP contribution < -0.4 is 11.1 Å². The van der Waals surface area contributed by atoms with E-state index < -0.39 is 0 Å². The van der Waals surface area contributed by atoms with Crippen LogP contribution in [0.5, 0.6) is 0 Å². The third-order valence-electron chi connectivity index (χ3n) is 1.96. The van der Waals surface area contributed by atoms with Crippen LogP contribution in [0.25, 0.3) is 0 Å². The first-order chi connectivity index (χ1) is 6.76. The maximum atomic E-state index is 11.0. The smallest absolute Gasteiger partial charge is 0.238 e. The van der Waals surface area contributed by atoms with Gasteiger partial charge >= 0.3 is 0 Å². The zero-order valence-corrected chi connectivity index (χ0v) is 8.42. The number of carbonyl (C=O) groups is 1. The lowest BCUT2D eigenvalue weighted by atomic mass is 10.1. The Morgan fingerprint density at radius 1 is 1.36 bits per heavy atom. The molecule has 0 saturated heterocycles. The molecule has 0 aromatic heterocycles. The van der Waals surface area contributed by atoms with E-state index in [0.717, 1.165) is 18.5 Å². The van der Waals surface area contributed by atoms with E-state index in [0.29, 0.717) is 0 Å². The van der Waals surface area contributed by atoms with Gasteiger partial charge in [0.05, 0.1) is 6.54 Å². The zero-order valence-electron chi connectivity index (χ0n) is 8.42. The van der Waals surface area contributed by atoms with Gasteiger partial charge in [-0.15, -0.1) is 0 Å². The van der Waals surface area contributed by atoms with Crippen molar-refractivity contribution < 1.29 is 4.79 Å². The fourth-order valence-corrected chi connectivity index (χ4v) is 1.26. The minimum absolute atomic E-state index is 0.0245. The Labute approximate surface area is 84.3 Å². The van der Waals surface area contributed by atoms with Crippen LogP contribution in [0, 0.1) is 0 Å². The molecule has 0 spiro atoms. The minimum atomic E-state index is -0.159. The van der Waals surface area contributed by atoms with Crippen molar-refractivity contribution in [2.24, 2.45) is 5.73 Å². The van der Waals surface area contributed by atoms with Gasteiger partial charge < -0.3 is 11.1 Å². The van der Waals surface area contributed by atoms with Crippen LogP contribution in [0.3, 0.4) is 0 Å². The predicted molar refractivity (Wildman–Crippen MR) is 58.1 cm³/mol. The number of hydrogen-bond donors (Lipinski definition) is 2. The summed E-state index contributed by atoms with van der Waals surface area (Å²) in [6, 6.07) is 7.85. The number of aryl methyl sites for hydroxylation is 1. The van der Waals surface area contributed by atoms with Gasteiger partial charge in [-0.25, -0.2) is 0 Å². The molecule has 76 valence electrons. The molecule has 3 heteroatoms. The molecule has 1 aromatic rings. The minimum Gasteiger partial charge on any atom is -0.325 e. The monoisotopic (exact) mass is 192 g/mol. The summed E-state index contributed by atoms with van der Waals surface area (Å²) in [7, 11) is 0. The maximum Gasteiger partial charge on any atom is 0.238 e. The second kappa shape index (κ2) is 5.40. The number of carbonyl (C=O) groups excluding carboxylic acids is 1. The van der Waals surface area contributed by atoms with Crippen LogP contribution in [-0.2, 0) is 11.2 Å². The average Bonchev–Trinajstić information content (AvgIpc) is 2.21. The molecule has 0 heterocycles. The second-order valence-corrected chi connectivity index (χ2v) is 3.20. The van der Waals surface area contributed by atoms with Gasteiger partial charge in [-0.3, -0.25) is 4.79 Å². The van der Waals surface area contributed by atoms with Gasteiger partial charge in [0, 0.05) is 5.69 Å². The Morgan fingerprint density at radius 2 is 2.00 bits per heavy atom. The molecule has 1 rings (SSSR count). The summed E-state index contributed by atoms with van der Waals surface area (Å²) in [6.07, 6.45) is 2.21. The highest BCUT2D eigenvalue weighted by molar-refractivity contribution is 5.92. The van der Waals surface area contributed by atoms with Gasteiger partial charge in [-0.05, 0) is 24.1 Å².